The van der Waals surface area contributed by atoms with Crippen molar-refractivity contribution in [1.29, 1.82) is 0 Å². The van der Waals surface area contributed by atoms with E-state index in [1.165, 1.54) is 6.07 Å². The molecular formula is C14H15BrN2O3S. The summed E-state index contributed by atoms with van der Waals surface area (Å²) in [6.45, 7) is 0. The molecule has 0 spiro atoms. The Balaban J connectivity index is 2.46. The molecule has 112 valence electrons. The molecular weight excluding hydrogens is 356 g/mol. The van der Waals surface area contributed by atoms with Crippen LogP contribution in [-0.4, -0.2) is 21.8 Å². The Morgan fingerprint density at radius 2 is 1.90 bits per heavy atom. The van der Waals surface area contributed by atoms with E-state index in [4.69, 9.17) is 10.5 Å². The van der Waals surface area contributed by atoms with E-state index in [0.29, 0.717) is 11.4 Å². The Hall–Kier alpha value is -1.73. The second kappa shape index (κ2) is 5.95. The number of para-hydroxylation sites is 1. The van der Waals surface area contributed by atoms with Crippen LogP contribution in [0, 0.1) is 0 Å². The summed E-state index contributed by atoms with van der Waals surface area (Å²) in [6.07, 6.45) is 1.13. The van der Waals surface area contributed by atoms with E-state index in [-0.39, 0.29) is 10.6 Å². The highest BCUT2D eigenvalue weighted by molar-refractivity contribution is 9.10. The number of nitrogens with one attached hydrogen (secondary N) is 1. The van der Waals surface area contributed by atoms with Gasteiger partial charge in [-0.2, -0.15) is 0 Å². The molecule has 0 radical (unpaired) electrons. The maximum atomic E-state index is 11.7. The van der Waals surface area contributed by atoms with Crippen molar-refractivity contribution in [3.05, 3.63) is 40.9 Å². The van der Waals surface area contributed by atoms with Gasteiger partial charge in [0.25, 0.3) is 0 Å². The molecule has 0 heterocycles. The second-order valence-corrected chi connectivity index (χ2v) is 7.30. The van der Waals surface area contributed by atoms with Crippen LogP contribution in [-0.2, 0) is 9.84 Å². The van der Waals surface area contributed by atoms with Crippen molar-refractivity contribution in [3.8, 4) is 5.75 Å². The van der Waals surface area contributed by atoms with Crippen LogP contribution in [0.25, 0.3) is 0 Å². The SMILES string of the molecule is COc1ccc(Br)c(Nc2cccc(S(C)(=O)=O)c2N)c1. The molecule has 0 atom stereocenters. The van der Waals surface area contributed by atoms with Crippen LogP contribution >= 0.6 is 15.9 Å². The van der Waals surface area contributed by atoms with Crippen LogP contribution in [0.2, 0.25) is 0 Å². The van der Waals surface area contributed by atoms with Gasteiger partial charge in [0.05, 0.1) is 29.1 Å². The van der Waals surface area contributed by atoms with Gasteiger partial charge in [-0.25, -0.2) is 8.42 Å². The first-order valence-electron chi connectivity index (χ1n) is 6.02. The number of nitrogens with two attached hydrogens (primary N) is 1. The smallest absolute Gasteiger partial charge is 0.177 e. The van der Waals surface area contributed by atoms with Crippen molar-refractivity contribution in [2.45, 2.75) is 4.90 Å². The molecule has 7 heteroatoms. The number of ether oxygens (including phenoxy) is 1. The third-order valence-electron chi connectivity index (χ3n) is 2.91. The summed E-state index contributed by atoms with van der Waals surface area (Å²) in [5, 5.41) is 3.11. The zero-order valence-electron chi connectivity index (χ0n) is 11.6. The topological polar surface area (TPSA) is 81.4 Å². The van der Waals surface area contributed by atoms with Crippen molar-refractivity contribution >= 4 is 42.8 Å². The Morgan fingerprint density at radius 1 is 1.19 bits per heavy atom. The third kappa shape index (κ3) is 3.48. The number of benzene rings is 2. The van der Waals surface area contributed by atoms with Crippen LogP contribution < -0.4 is 15.8 Å². The number of halogens is 1. The minimum Gasteiger partial charge on any atom is -0.497 e. The van der Waals surface area contributed by atoms with E-state index in [0.717, 1.165) is 16.4 Å². The summed E-state index contributed by atoms with van der Waals surface area (Å²) >= 11 is 3.42. The maximum absolute atomic E-state index is 11.7. The standard InChI is InChI=1S/C14H15BrN2O3S/c1-20-9-6-7-10(15)12(8-9)17-11-4-3-5-13(14(11)16)21(2,18)19/h3-8,17H,16H2,1-2H3. The van der Waals surface area contributed by atoms with Gasteiger partial charge in [-0.05, 0) is 40.2 Å². The van der Waals surface area contributed by atoms with Crippen LogP contribution in [0.1, 0.15) is 0 Å². The molecule has 5 nitrogen and oxygen atoms in total. The van der Waals surface area contributed by atoms with E-state index in [2.05, 4.69) is 21.2 Å². The zero-order valence-corrected chi connectivity index (χ0v) is 14.0. The highest BCUT2D eigenvalue weighted by Gasteiger charge is 2.14. The number of anilines is 3. The summed E-state index contributed by atoms with van der Waals surface area (Å²) in [6, 6.07) is 10.3. The molecule has 0 saturated heterocycles. The van der Waals surface area contributed by atoms with Crippen LogP contribution in [0.5, 0.6) is 5.75 Å². The molecule has 0 aliphatic rings. The number of methoxy groups -OCH3 is 1. The number of rotatable bonds is 4. The second-order valence-electron chi connectivity index (χ2n) is 4.46. The monoisotopic (exact) mass is 370 g/mol. The first-order chi connectivity index (χ1) is 9.82. The molecule has 0 aliphatic heterocycles. The third-order valence-corrected chi connectivity index (χ3v) is 4.75. The lowest BCUT2D eigenvalue weighted by atomic mass is 10.2. The lowest BCUT2D eigenvalue weighted by Gasteiger charge is -2.14. The molecule has 0 aliphatic carbocycles. The molecule has 0 unspecified atom stereocenters. The molecule has 2 rings (SSSR count). The van der Waals surface area contributed by atoms with Crippen molar-refractivity contribution in [3.63, 3.8) is 0 Å². The van der Waals surface area contributed by atoms with Gasteiger partial charge < -0.3 is 15.8 Å². The largest absolute Gasteiger partial charge is 0.497 e. The fourth-order valence-corrected chi connectivity index (χ4v) is 3.03. The van der Waals surface area contributed by atoms with Crippen LogP contribution in [0.4, 0.5) is 17.1 Å². The number of hydrogen-bond donors (Lipinski definition) is 2. The lowest BCUT2D eigenvalue weighted by Crippen LogP contribution is -2.05. The van der Waals surface area contributed by atoms with E-state index >= 15 is 0 Å². The Kier molecular flexibility index (Phi) is 4.43. The van der Waals surface area contributed by atoms with Crippen molar-refractivity contribution in [1.82, 2.24) is 0 Å². The van der Waals surface area contributed by atoms with Crippen molar-refractivity contribution < 1.29 is 13.2 Å². The molecule has 0 bridgehead atoms. The van der Waals surface area contributed by atoms with Gasteiger partial charge >= 0.3 is 0 Å². The lowest BCUT2D eigenvalue weighted by molar-refractivity contribution is 0.415. The first-order valence-corrected chi connectivity index (χ1v) is 8.70. The molecule has 0 aromatic heterocycles. The number of nitrogen functional groups attached to an aromatic ring is 1. The predicted molar refractivity (Wildman–Crippen MR) is 87.9 cm³/mol. The Morgan fingerprint density at radius 3 is 2.52 bits per heavy atom. The molecule has 21 heavy (non-hydrogen) atoms. The highest BCUT2D eigenvalue weighted by Crippen LogP contribution is 2.34. The average molecular weight is 371 g/mol. The van der Waals surface area contributed by atoms with E-state index in [1.807, 2.05) is 12.1 Å². The van der Waals surface area contributed by atoms with Gasteiger partial charge in [0, 0.05) is 16.8 Å². The van der Waals surface area contributed by atoms with Gasteiger partial charge in [0.1, 0.15) is 5.75 Å². The quantitative estimate of drug-likeness (QED) is 0.807. The van der Waals surface area contributed by atoms with Gasteiger partial charge in [0.2, 0.25) is 0 Å². The Bertz CT molecular complexity index is 776. The summed E-state index contributed by atoms with van der Waals surface area (Å²) < 4.78 is 29.4. The maximum Gasteiger partial charge on any atom is 0.177 e. The van der Waals surface area contributed by atoms with Crippen LogP contribution in [0.3, 0.4) is 0 Å². The molecule has 3 N–H and O–H groups in total. The summed E-state index contributed by atoms with van der Waals surface area (Å²) in [4.78, 5) is 0.103. The van der Waals surface area contributed by atoms with Gasteiger partial charge in [-0.1, -0.05) is 6.07 Å². The molecule has 2 aromatic carbocycles. The Labute approximate surface area is 132 Å². The summed E-state index contributed by atoms with van der Waals surface area (Å²) in [5.41, 5.74) is 7.39. The van der Waals surface area contributed by atoms with E-state index < -0.39 is 9.84 Å². The number of sulfone groups is 1. The average Bonchev–Trinajstić information content (AvgIpc) is 2.42. The van der Waals surface area contributed by atoms with Crippen LogP contribution in [0.15, 0.2) is 45.8 Å². The van der Waals surface area contributed by atoms with Gasteiger partial charge in [-0.3, -0.25) is 0 Å². The molecule has 2 aromatic rings. The molecule has 0 amide bonds. The summed E-state index contributed by atoms with van der Waals surface area (Å²) in [5.74, 6) is 0.679. The normalized spacial score (nSPS) is 11.2. The fourth-order valence-electron chi connectivity index (χ4n) is 1.85. The van der Waals surface area contributed by atoms with E-state index in [9.17, 15) is 8.42 Å². The van der Waals surface area contributed by atoms with E-state index in [1.54, 1.807) is 25.3 Å². The van der Waals surface area contributed by atoms with Crippen molar-refractivity contribution in [2.75, 3.05) is 24.4 Å². The van der Waals surface area contributed by atoms with Gasteiger partial charge in [0.15, 0.2) is 9.84 Å². The molecule has 0 fully saturated rings. The fraction of sp³-hybridized carbons (Fsp3) is 0.143. The zero-order chi connectivity index (χ0) is 15.6. The van der Waals surface area contributed by atoms with Crippen molar-refractivity contribution in [2.24, 2.45) is 0 Å². The number of hydrogen-bond acceptors (Lipinski definition) is 5. The van der Waals surface area contributed by atoms with Gasteiger partial charge in [-0.15, -0.1) is 0 Å². The minimum absolute atomic E-state index is 0.103. The highest BCUT2D eigenvalue weighted by atomic mass is 79.9. The minimum atomic E-state index is -3.37. The first kappa shape index (κ1) is 15.7. The molecule has 0 saturated carbocycles. The summed E-state index contributed by atoms with van der Waals surface area (Å²) in [7, 11) is -1.80. The predicted octanol–water partition coefficient (Wildman–Crippen LogP) is 3.19.